The maximum absolute atomic E-state index is 14.6. The maximum Gasteiger partial charge on any atom is 0.416 e. The molecule has 3 heterocycles. The Kier molecular flexibility index (Phi) is 4.90. The van der Waals surface area contributed by atoms with Crippen molar-refractivity contribution in [1.82, 2.24) is 14.9 Å². The van der Waals surface area contributed by atoms with Gasteiger partial charge in [-0.05, 0) is 31.2 Å². The number of nitrogen functional groups attached to an aromatic ring is 1. The highest BCUT2D eigenvalue weighted by atomic mass is 19.1. The van der Waals surface area contributed by atoms with Gasteiger partial charge < -0.3 is 15.2 Å². The molecule has 4 rings (SSSR count). The molecule has 1 aliphatic rings. The maximum atomic E-state index is 14.6. The van der Waals surface area contributed by atoms with Gasteiger partial charge in [0.1, 0.15) is 5.75 Å². The summed E-state index contributed by atoms with van der Waals surface area (Å²) in [6.45, 7) is 1.48. The summed E-state index contributed by atoms with van der Waals surface area (Å²) in [5.74, 6) is -3.33. The van der Waals surface area contributed by atoms with Crippen molar-refractivity contribution in [2.45, 2.75) is 19.5 Å². The molecule has 0 radical (unpaired) electrons. The first kappa shape index (κ1) is 19.5. The summed E-state index contributed by atoms with van der Waals surface area (Å²) in [4.78, 5) is 21.1. The van der Waals surface area contributed by atoms with Crippen LogP contribution in [0.3, 0.4) is 0 Å². The molecule has 0 bridgehead atoms. The second kappa shape index (κ2) is 7.54. The molecule has 1 atom stereocenters. The number of carbonyl (C=O) groups is 1. The number of hydrogen-bond acceptors (Lipinski definition) is 6. The molecule has 0 aliphatic carbocycles. The Hall–Kier alpha value is -3.82. The number of ether oxygens (including phenoxy) is 2. The summed E-state index contributed by atoms with van der Waals surface area (Å²) in [7, 11) is 0. The van der Waals surface area contributed by atoms with Crippen LogP contribution in [0.4, 0.5) is 23.8 Å². The smallest absolute Gasteiger partial charge is 0.416 e. The van der Waals surface area contributed by atoms with E-state index in [0.717, 1.165) is 18.2 Å². The lowest BCUT2D eigenvalue weighted by Gasteiger charge is -2.34. The van der Waals surface area contributed by atoms with Crippen molar-refractivity contribution < 1.29 is 27.4 Å². The largest absolute Gasteiger partial charge is 0.433 e. The van der Waals surface area contributed by atoms with Gasteiger partial charge in [-0.2, -0.15) is 0 Å². The number of rotatable bonds is 4. The zero-order chi connectivity index (χ0) is 21.4. The Morgan fingerprint density at radius 3 is 2.73 bits per heavy atom. The molecule has 1 aliphatic heterocycles. The number of fused-ring (bicyclic) bond motifs is 1. The van der Waals surface area contributed by atoms with Gasteiger partial charge >= 0.3 is 6.09 Å². The van der Waals surface area contributed by atoms with E-state index >= 15 is 0 Å². The average Bonchev–Trinajstić information content (AvgIpc) is 2.71. The van der Waals surface area contributed by atoms with Crippen molar-refractivity contribution in [2.75, 3.05) is 5.73 Å². The monoisotopic (exact) mass is 416 g/mol. The van der Waals surface area contributed by atoms with E-state index in [4.69, 9.17) is 15.2 Å². The van der Waals surface area contributed by atoms with Gasteiger partial charge in [0.2, 0.25) is 0 Å². The molecule has 154 valence electrons. The first-order valence-corrected chi connectivity index (χ1v) is 8.84. The van der Waals surface area contributed by atoms with Crippen LogP contribution in [0.2, 0.25) is 0 Å². The van der Waals surface area contributed by atoms with Crippen LogP contribution in [0.5, 0.6) is 17.4 Å². The van der Waals surface area contributed by atoms with Crippen LogP contribution in [0, 0.1) is 17.5 Å². The molecule has 1 amide bonds. The topological polar surface area (TPSA) is 90.6 Å². The van der Waals surface area contributed by atoms with E-state index < -0.39 is 35.5 Å². The quantitative estimate of drug-likeness (QED) is 0.680. The summed E-state index contributed by atoms with van der Waals surface area (Å²) in [6.07, 6.45) is 1.84. The zero-order valence-electron chi connectivity index (χ0n) is 15.6. The van der Waals surface area contributed by atoms with E-state index in [-0.39, 0.29) is 29.4 Å². The molecule has 7 nitrogen and oxygen atoms in total. The summed E-state index contributed by atoms with van der Waals surface area (Å²) in [5.41, 5.74) is 5.94. The lowest BCUT2D eigenvalue weighted by Crippen LogP contribution is -2.39. The first-order chi connectivity index (χ1) is 14.3. The van der Waals surface area contributed by atoms with Gasteiger partial charge in [0, 0.05) is 29.6 Å². The molecule has 30 heavy (non-hydrogen) atoms. The standard InChI is InChI=1S/C20H15F3N4O3/c1-10-12-7-14(22)16(29-19-13(21)3-2-5-26-19)8-15(12)30-20(28)27(10)9-11-4-6-25-18(24)17(11)23/h2-8,10H,9H2,1H3,(H2,24,25). The first-order valence-electron chi connectivity index (χ1n) is 8.84. The minimum absolute atomic E-state index is 0.0474. The van der Waals surface area contributed by atoms with E-state index in [1.54, 1.807) is 6.92 Å². The third-order valence-electron chi connectivity index (χ3n) is 4.68. The van der Waals surface area contributed by atoms with Crippen LogP contribution in [0.15, 0.2) is 42.7 Å². The highest BCUT2D eigenvalue weighted by Gasteiger charge is 2.33. The minimum Gasteiger partial charge on any atom is -0.433 e. The Bertz CT molecular complexity index is 1140. The predicted molar refractivity (Wildman–Crippen MR) is 99.3 cm³/mol. The summed E-state index contributed by atoms with van der Waals surface area (Å²) < 4.78 is 53.0. The number of hydrogen-bond donors (Lipinski definition) is 1. The van der Waals surface area contributed by atoms with Crippen molar-refractivity contribution in [2.24, 2.45) is 0 Å². The van der Waals surface area contributed by atoms with Crippen molar-refractivity contribution >= 4 is 11.9 Å². The summed E-state index contributed by atoms with van der Waals surface area (Å²) >= 11 is 0. The molecule has 10 heteroatoms. The Balaban J connectivity index is 1.64. The second-order valence-corrected chi connectivity index (χ2v) is 6.55. The molecule has 0 fully saturated rings. The summed E-state index contributed by atoms with van der Waals surface area (Å²) in [5, 5.41) is 0. The lowest BCUT2D eigenvalue weighted by atomic mass is 10.0. The van der Waals surface area contributed by atoms with E-state index in [0.29, 0.717) is 5.56 Å². The molecule has 1 unspecified atom stereocenters. The molecule has 3 aromatic rings. The van der Waals surface area contributed by atoms with Gasteiger partial charge in [-0.1, -0.05) is 0 Å². The number of amides is 1. The highest BCUT2D eigenvalue weighted by Crippen LogP contribution is 2.40. The Morgan fingerprint density at radius 1 is 1.17 bits per heavy atom. The normalized spacial score (nSPS) is 15.5. The SMILES string of the molecule is CC1c2cc(F)c(Oc3ncccc3F)cc2OC(=O)N1Cc1ccnc(N)c1F. The fourth-order valence-corrected chi connectivity index (χ4v) is 3.08. The average molecular weight is 416 g/mol. The molecule has 2 aromatic heterocycles. The van der Waals surface area contributed by atoms with Crippen molar-refractivity contribution in [3.05, 3.63) is 71.3 Å². The summed E-state index contributed by atoms with van der Waals surface area (Å²) in [6, 6.07) is 5.49. The third-order valence-corrected chi connectivity index (χ3v) is 4.68. The number of nitrogens with two attached hydrogens (primary N) is 1. The Morgan fingerprint density at radius 2 is 1.97 bits per heavy atom. The third kappa shape index (κ3) is 3.47. The number of carbonyl (C=O) groups excluding carboxylic acids is 1. The fraction of sp³-hybridized carbons (Fsp3) is 0.150. The van der Waals surface area contributed by atoms with Gasteiger partial charge in [0.15, 0.2) is 29.0 Å². The van der Waals surface area contributed by atoms with E-state index in [1.807, 2.05) is 0 Å². The molecule has 0 saturated carbocycles. The lowest BCUT2D eigenvalue weighted by molar-refractivity contribution is 0.116. The number of pyridine rings is 2. The van der Waals surface area contributed by atoms with Crippen LogP contribution >= 0.6 is 0 Å². The highest BCUT2D eigenvalue weighted by molar-refractivity contribution is 5.75. The Labute approximate surface area is 168 Å². The second-order valence-electron chi connectivity index (χ2n) is 6.55. The predicted octanol–water partition coefficient (Wildman–Crippen LogP) is 4.34. The molecular formula is C20H15F3N4O3. The van der Waals surface area contributed by atoms with E-state index in [2.05, 4.69) is 9.97 Å². The molecule has 0 saturated heterocycles. The minimum atomic E-state index is -0.803. The van der Waals surface area contributed by atoms with E-state index in [1.165, 1.54) is 29.4 Å². The van der Waals surface area contributed by atoms with Gasteiger partial charge in [0.05, 0.1) is 12.6 Å². The molecule has 0 spiro atoms. The van der Waals surface area contributed by atoms with Gasteiger partial charge in [-0.25, -0.2) is 27.9 Å². The molecule has 2 N–H and O–H groups in total. The van der Waals surface area contributed by atoms with Crippen molar-refractivity contribution in [1.29, 1.82) is 0 Å². The van der Waals surface area contributed by atoms with Gasteiger partial charge in [-0.3, -0.25) is 4.90 Å². The van der Waals surface area contributed by atoms with Crippen LogP contribution in [0.1, 0.15) is 24.1 Å². The van der Waals surface area contributed by atoms with Crippen LogP contribution in [-0.2, 0) is 6.54 Å². The van der Waals surface area contributed by atoms with Gasteiger partial charge in [0.25, 0.3) is 5.88 Å². The number of anilines is 1. The van der Waals surface area contributed by atoms with E-state index in [9.17, 15) is 18.0 Å². The van der Waals surface area contributed by atoms with Gasteiger partial charge in [-0.15, -0.1) is 0 Å². The van der Waals surface area contributed by atoms with Crippen molar-refractivity contribution in [3.63, 3.8) is 0 Å². The number of halogens is 3. The number of benzene rings is 1. The van der Waals surface area contributed by atoms with Crippen LogP contribution < -0.4 is 15.2 Å². The number of nitrogens with zero attached hydrogens (tertiary/aromatic N) is 3. The molecular weight excluding hydrogens is 401 g/mol. The van der Waals surface area contributed by atoms with Crippen LogP contribution in [0.25, 0.3) is 0 Å². The zero-order valence-corrected chi connectivity index (χ0v) is 15.6. The fourth-order valence-electron chi connectivity index (χ4n) is 3.08. The molecule has 1 aromatic carbocycles. The van der Waals surface area contributed by atoms with Crippen LogP contribution in [-0.4, -0.2) is 21.0 Å². The van der Waals surface area contributed by atoms with Crippen molar-refractivity contribution in [3.8, 4) is 17.4 Å². The number of aromatic nitrogens is 2.